The monoisotopic (exact) mass is 299 g/mol. The van der Waals surface area contributed by atoms with Crippen LogP contribution >= 0.6 is 11.6 Å². The Balaban J connectivity index is 2.11. The highest BCUT2D eigenvalue weighted by molar-refractivity contribution is 6.34. The van der Waals surface area contributed by atoms with E-state index in [9.17, 15) is 0 Å². The molecular weight excluding hydrogens is 282 g/mol. The van der Waals surface area contributed by atoms with Crippen molar-refractivity contribution in [3.8, 4) is 0 Å². The van der Waals surface area contributed by atoms with E-state index in [1.54, 1.807) is 0 Å². The van der Waals surface area contributed by atoms with Crippen LogP contribution < -0.4 is 5.32 Å². The second kappa shape index (κ2) is 5.55. The summed E-state index contributed by atoms with van der Waals surface area (Å²) in [6.45, 7) is 4.22. The second-order valence-corrected chi connectivity index (χ2v) is 5.86. The predicted octanol–water partition coefficient (Wildman–Crippen LogP) is 5.01. The molecule has 0 fully saturated rings. The number of hydrogen-bond donors (Lipinski definition) is 1. The SMILES string of the molecule is CNC(c1cc(C)cc(C)c1)c1cc2cccc(Cl)c2o1. The number of fused-ring (bicyclic) bond motifs is 1. The summed E-state index contributed by atoms with van der Waals surface area (Å²) in [7, 11) is 1.94. The van der Waals surface area contributed by atoms with Gasteiger partial charge in [0, 0.05) is 5.39 Å². The molecule has 0 amide bonds. The molecule has 0 radical (unpaired) electrons. The van der Waals surface area contributed by atoms with E-state index < -0.39 is 0 Å². The largest absolute Gasteiger partial charge is 0.457 e. The highest BCUT2D eigenvalue weighted by atomic mass is 35.5. The molecule has 0 aliphatic rings. The molecule has 3 aromatic rings. The highest BCUT2D eigenvalue weighted by Crippen LogP contribution is 2.32. The minimum atomic E-state index is 0.0204. The van der Waals surface area contributed by atoms with E-state index in [0.717, 1.165) is 16.7 Å². The van der Waals surface area contributed by atoms with Gasteiger partial charge in [-0.25, -0.2) is 0 Å². The summed E-state index contributed by atoms with van der Waals surface area (Å²) in [4.78, 5) is 0. The lowest BCUT2D eigenvalue weighted by molar-refractivity contribution is 0.491. The van der Waals surface area contributed by atoms with Crippen molar-refractivity contribution in [3.05, 3.63) is 69.9 Å². The molecular formula is C18H18ClNO. The van der Waals surface area contributed by atoms with E-state index in [4.69, 9.17) is 16.0 Å². The number of furan rings is 1. The van der Waals surface area contributed by atoms with Gasteiger partial charge in [-0.15, -0.1) is 0 Å². The first-order chi connectivity index (χ1) is 10.1. The minimum absolute atomic E-state index is 0.0204. The zero-order valence-corrected chi connectivity index (χ0v) is 13.2. The van der Waals surface area contributed by atoms with Crippen LogP contribution in [0.1, 0.15) is 28.5 Å². The van der Waals surface area contributed by atoms with Gasteiger partial charge in [-0.2, -0.15) is 0 Å². The van der Waals surface area contributed by atoms with Crippen LogP contribution in [0.15, 0.2) is 46.9 Å². The van der Waals surface area contributed by atoms with Crippen LogP contribution in [0.5, 0.6) is 0 Å². The number of benzene rings is 2. The molecule has 3 heteroatoms. The quantitative estimate of drug-likeness (QED) is 0.735. The molecule has 0 spiro atoms. The lowest BCUT2D eigenvalue weighted by Crippen LogP contribution is -2.17. The molecule has 21 heavy (non-hydrogen) atoms. The van der Waals surface area contributed by atoms with Crippen molar-refractivity contribution in [2.75, 3.05) is 7.05 Å². The van der Waals surface area contributed by atoms with E-state index in [-0.39, 0.29) is 6.04 Å². The Morgan fingerprint density at radius 3 is 2.38 bits per heavy atom. The Hall–Kier alpha value is -1.77. The van der Waals surface area contributed by atoms with E-state index >= 15 is 0 Å². The van der Waals surface area contributed by atoms with Gasteiger partial charge in [0.15, 0.2) is 5.58 Å². The van der Waals surface area contributed by atoms with Crippen molar-refractivity contribution in [1.82, 2.24) is 5.32 Å². The molecule has 1 N–H and O–H groups in total. The summed E-state index contributed by atoms with van der Waals surface area (Å²) < 4.78 is 5.99. The molecule has 1 aromatic heterocycles. The van der Waals surface area contributed by atoms with Gasteiger partial charge in [0.25, 0.3) is 0 Å². The van der Waals surface area contributed by atoms with E-state index in [2.05, 4.69) is 43.4 Å². The van der Waals surface area contributed by atoms with Gasteiger partial charge in [-0.1, -0.05) is 53.1 Å². The Labute approximate surface area is 129 Å². The zero-order chi connectivity index (χ0) is 15.0. The third-order valence-corrected chi connectivity index (χ3v) is 3.96. The third kappa shape index (κ3) is 2.69. The molecule has 1 atom stereocenters. The van der Waals surface area contributed by atoms with Crippen LogP contribution in [0, 0.1) is 13.8 Å². The van der Waals surface area contributed by atoms with Crippen molar-refractivity contribution in [2.24, 2.45) is 0 Å². The third-order valence-electron chi connectivity index (χ3n) is 3.67. The molecule has 0 saturated carbocycles. The average molecular weight is 300 g/mol. The van der Waals surface area contributed by atoms with E-state index in [0.29, 0.717) is 5.02 Å². The van der Waals surface area contributed by atoms with Gasteiger partial charge in [0.2, 0.25) is 0 Å². The summed E-state index contributed by atoms with van der Waals surface area (Å²) in [5.41, 5.74) is 4.45. The molecule has 2 aromatic carbocycles. The minimum Gasteiger partial charge on any atom is -0.457 e. The zero-order valence-electron chi connectivity index (χ0n) is 12.4. The topological polar surface area (TPSA) is 25.2 Å². The fourth-order valence-corrected chi connectivity index (χ4v) is 3.06. The van der Waals surface area contributed by atoms with Crippen molar-refractivity contribution in [2.45, 2.75) is 19.9 Å². The number of hydrogen-bond acceptors (Lipinski definition) is 2. The lowest BCUT2D eigenvalue weighted by Gasteiger charge is -2.15. The summed E-state index contributed by atoms with van der Waals surface area (Å²) in [6.07, 6.45) is 0. The molecule has 1 unspecified atom stereocenters. The van der Waals surface area contributed by atoms with E-state index in [1.165, 1.54) is 16.7 Å². The lowest BCUT2D eigenvalue weighted by atomic mass is 9.99. The fourth-order valence-electron chi connectivity index (χ4n) is 2.84. The molecule has 1 heterocycles. The van der Waals surface area contributed by atoms with Crippen LogP contribution in [-0.2, 0) is 0 Å². The number of aryl methyl sites for hydroxylation is 2. The summed E-state index contributed by atoms with van der Waals surface area (Å²) in [5, 5.41) is 5.01. The molecule has 0 saturated heterocycles. The molecule has 3 rings (SSSR count). The molecule has 108 valence electrons. The Kier molecular flexibility index (Phi) is 3.75. The first kappa shape index (κ1) is 14.2. The molecule has 0 bridgehead atoms. The van der Waals surface area contributed by atoms with Gasteiger partial charge in [0.05, 0.1) is 11.1 Å². The molecule has 0 aliphatic carbocycles. The maximum Gasteiger partial charge on any atom is 0.152 e. The molecule has 0 aliphatic heterocycles. The van der Waals surface area contributed by atoms with Gasteiger partial charge < -0.3 is 9.73 Å². The van der Waals surface area contributed by atoms with Crippen LogP contribution in [0.2, 0.25) is 5.02 Å². The number of para-hydroxylation sites is 1. The predicted molar refractivity (Wildman–Crippen MR) is 88.0 cm³/mol. The summed E-state index contributed by atoms with van der Waals surface area (Å²) in [6, 6.07) is 14.4. The van der Waals surface area contributed by atoms with Gasteiger partial charge in [-0.05, 0) is 38.6 Å². The number of nitrogens with one attached hydrogen (secondary N) is 1. The summed E-state index contributed by atoms with van der Waals surface area (Å²) >= 11 is 6.20. The smallest absolute Gasteiger partial charge is 0.152 e. The highest BCUT2D eigenvalue weighted by Gasteiger charge is 2.18. The van der Waals surface area contributed by atoms with Crippen LogP contribution in [0.25, 0.3) is 11.0 Å². The Morgan fingerprint density at radius 2 is 1.76 bits per heavy atom. The molecule has 2 nitrogen and oxygen atoms in total. The fraction of sp³-hybridized carbons (Fsp3) is 0.222. The Bertz CT molecular complexity index is 771. The van der Waals surface area contributed by atoms with Crippen molar-refractivity contribution in [3.63, 3.8) is 0 Å². The first-order valence-electron chi connectivity index (χ1n) is 7.02. The number of rotatable bonds is 3. The van der Waals surface area contributed by atoms with Crippen molar-refractivity contribution in [1.29, 1.82) is 0 Å². The first-order valence-corrected chi connectivity index (χ1v) is 7.39. The summed E-state index contributed by atoms with van der Waals surface area (Å²) in [5.74, 6) is 0.880. The van der Waals surface area contributed by atoms with Gasteiger partial charge in [0.1, 0.15) is 5.76 Å². The standard InChI is InChI=1S/C18H18ClNO/c1-11-7-12(2)9-14(8-11)17(20-3)16-10-13-5-4-6-15(19)18(13)21-16/h4-10,17,20H,1-3H3. The normalized spacial score (nSPS) is 12.8. The number of halogens is 1. The van der Waals surface area contributed by atoms with Crippen LogP contribution in [-0.4, -0.2) is 7.05 Å². The van der Waals surface area contributed by atoms with Gasteiger partial charge in [-0.3, -0.25) is 0 Å². The van der Waals surface area contributed by atoms with Crippen molar-refractivity contribution >= 4 is 22.6 Å². The maximum atomic E-state index is 6.20. The van der Waals surface area contributed by atoms with Crippen LogP contribution in [0.3, 0.4) is 0 Å². The average Bonchev–Trinajstić information content (AvgIpc) is 2.83. The maximum absolute atomic E-state index is 6.20. The Morgan fingerprint density at radius 1 is 1.05 bits per heavy atom. The second-order valence-electron chi connectivity index (χ2n) is 5.45. The van der Waals surface area contributed by atoms with Crippen LogP contribution in [0.4, 0.5) is 0 Å². The van der Waals surface area contributed by atoms with Gasteiger partial charge >= 0.3 is 0 Å². The van der Waals surface area contributed by atoms with Crippen molar-refractivity contribution < 1.29 is 4.42 Å². The van der Waals surface area contributed by atoms with E-state index in [1.807, 2.05) is 25.2 Å².